The molecule has 0 aromatic rings. The molecule has 0 aromatic heterocycles. The van der Waals surface area contributed by atoms with Gasteiger partial charge in [-0.15, -0.1) is 0 Å². The molecule has 1 atom stereocenters. The van der Waals surface area contributed by atoms with Crippen molar-refractivity contribution in [3.05, 3.63) is 36.5 Å². The Bertz CT molecular complexity index is 938. The first-order chi connectivity index (χ1) is 27.0. The molecular formula is C49H88O6. The highest BCUT2D eigenvalue weighted by atomic mass is 16.6. The van der Waals surface area contributed by atoms with Crippen molar-refractivity contribution in [2.45, 2.75) is 245 Å². The third kappa shape index (κ3) is 42.6. The summed E-state index contributed by atoms with van der Waals surface area (Å²) in [6.07, 6.45) is 50.4. The molecule has 6 heteroatoms. The zero-order chi connectivity index (χ0) is 40.1. The van der Waals surface area contributed by atoms with E-state index >= 15 is 0 Å². The summed E-state index contributed by atoms with van der Waals surface area (Å²) in [5.41, 5.74) is 0. The predicted octanol–water partition coefficient (Wildman–Crippen LogP) is 15.0. The topological polar surface area (TPSA) is 78.9 Å². The molecule has 0 radical (unpaired) electrons. The number of rotatable bonds is 42. The first-order valence-electron chi connectivity index (χ1n) is 23.5. The van der Waals surface area contributed by atoms with Crippen molar-refractivity contribution in [3.8, 4) is 0 Å². The average Bonchev–Trinajstić information content (AvgIpc) is 3.18. The van der Waals surface area contributed by atoms with E-state index in [2.05, 4.69) is 57.2 Å². The highest BCUT2D eigenvalue weighted by molar-refractivity contribution is 5.71. The van der Waals surface area contributed by atoms with E-state index in [0.717, 1.165) is 77.0 Å². The Morgan fingerprint density at radius 2 is 0.655 bits per heavy atom. The molecule has 6 nitrogen and oxygen atoms in total. The van der Waals surface area contributed by atoms with E-state index in [1.54, 1.807) is 0 Å². The molecule has 0 rings (SSSR count). The second-order valence-corrected chi connectivity index (χ2v) is 15.7. The Morgan fingerprint density at radius 1 is 0.364 bits per heavy atom. The summed E-state index contributed by atoms with van der Waals surface area (Å²) in [5.74, 6) is -0.896. The van der Waals surface area contributed by atoms with Gasteiger partial charge in [0.25, 0.3) is 0 Å². The van der Waals surface area contributed by atoms with Crippen molar-refractivity contribution in [2.24, 2.45) is 0 Å². The van der Waals surface area contributed by atoms with Crippen LogP contribution < -0.4 is 0 Å². The molecule has 0 spiro atoms. The van der Waals surface area contributed by atoms with Gasteiger partial charge in [-0.25, -0.2) is 0 Å². The van der Waals surface area contributed by atoms with Crippen molar-refractivity contribution in [2.75, 3.05) is 13.2 Å². The Labute approximate surface area is 340 Å². The highest BCUT2D eigenvalue weighted by Gasteiger charge is 2.19. The molecule has 0 bridgehead atoms. The second-order valence-electron chi connectivity index (χ2n) is 15.7. The third-order valence-electron chi connectivity index (χ3n) is 10.1. The summed E-state index contributed by atoms with van der Waals surface area (Å²) in [4.78, 5) is 37.3. The van der Waals surface area contributed by atoms with Gasteiger partial charge in [-0.2, -0.15) is 0 Å². The van der Waals surface area contributed by atoms with Crippen LogP contribution in [0.15, 0.2) is 36.5 Å². The van der Waals surface area contributed by atoms with Gasteiger partial charge in [-0.1, -0.05) is 198 Å². The molecule has 0 saturated heterocycles. The molecule has 0 amide bonds. The SMILES string of the molecule is CCCCCCC/C=C\C/C=C\C/C=C\CCCCCCCCCCCCC(=O)OCC(COC(=O)CCCCCCC)OC(=O)CCCCCCCCC. The van der Waals surface area contributed by atoms with Crippen LogP contribution in [0.2, 0.25) is 0 Å². The molecular weight excluding hydrogens is 685 g/mol. The lowest BCUT2D eigenvalue weighted by Gasteiger charge is -2.18. The zero-order valence-corrected chi connectivity index (χ0v) is 36.4. The quantitative estimate of drug-likeness (QED) is 0.0266. The van der Waals surface area contributed by atoms with Crippen LogP contribution in [0.5, 0.6) is 0 Å². The van der Waals surface area contributed by atoms with Crippen molar-refractivity contribution >= 4 is 17.9 Å². The van der Waals surface area contributed by atoms with Crippen molar-refractivity contribution in [1.82, 2.24) is 0 Å². The van der Waals surface area contributed by atoms with Crippen molar-refractivity contribution in [3.63, 3.8) is 0 Å². The number of unbranched alkanes of at least 4 members (excludes halogenated alkanes) is 25. The fourth-order valence-electron chi connectivity index (χ4n) is 6.57. The Morgan fingerprint density at radius 3 is 1.02 bits per heavy atom. The molecule has 0 aliphatic rings. The van der Waals surface area contributed by atoms with Crippen LogP contribution in [0.25, 0.3) is 0 Å². The van der Waals surface area contributed by atoms with Gasteiger partial charge in [-0.05, 0) is 57.8 Å². The second kappa shape index (κ2) is 44.3. The molecule has 0 fully saturated rings. The minimum absolute atomic E-state index is 0.0729. The van der Waals surface area contributed by atoms with Crippen LogP contribution in [0.1, 0.15) is 239 Å². The third-order valence-corrected chi connectivity index (χ3v) is 10.1. The van der Waals surface area contributed by atoms with Crippen LogP contribution in [0.3, 0.4) is 0 Å². The zero-order valence-electron chi connectivity index (χ0n) is 36.4. The van der Waals surface area contributed by atoms with Gasteiger partial charge < -0.3 is 14.2 Å². The summed E-state index contributed by atoms with van der Waals surface area (Å²) in [5, 5.41) is 0. The highest BCUT2D eigenvalue weighted by Crippen LogP contribution is 2.14. The van der Waals surface area contributed by atoms with Crippen LogP contribution in [-0.4, -0.2) is 37.2 Å². The molecule has 55 heavy (non-hydrogen) atoms. The molecule has 0 N–H and O–H groups in total. The van der Waals surface area contributed by atoms with Crippen molar-refractivity contribution < 1.29 is 28.6 Å². The minimum Gasteiger partial charge on any atom is -0.462 e. The number of carbonyl (C=O) groups is 3. The lowest BCUT2D eigenvalue weighted by Crippen LogP contribution is -2.30. The summed E-state index contributed by atoms with van der Waals surface area (Å²) in [7, 11) is 0. The van der Waals surface area contributed by atoms with E-state index in [1.807, 2.05) is 0 Å². The predicted molar refractivity (Wildman–Crippen MR) is 233 cm³/mol. The van der Waals surface area contributed by atoms with Gasteiger partial charge in [0.2, 0.25) is 0 Å². The van der Waals surface area contributed by atoms with E-state index in [9.17, 15) is 14.4 Å². The molecule has 0 aromatic carbocycles. The lowest BCUT2D eigenvalue weighted by atomic mass is 10.1. The Kier molecular flexibility index (Phi) is 42.4. The fourth-order valence-corrected chi connectivity index (χ4v) is 6.57. The first-order valence-corrected chi connectivity index (χ1v) is 23.5. The van der Waals surface area contributed by atoms with Gasteiger partial charge in [-0.3, -0.25) is 14.4 Å². The molecule has 0 aliphatic heterocycles. The van der Waals surface area contributed by atoms with E-state index in [0.29, 0.717) is 19.3 Å². The largest absolute Gasteiger partial charge is 0.462 e. The van der Waals surface area contributed by atoms with Crippen LogP contribution in [-0.2, 0) is 28.6 Å². The Hall–Kier alpha value is -2.37. The van der Waals surface area contributed by atoms with Gasteiger partial charge in [0.15, 0.2) is 6.10 Å². The summed E-state index contributed by atoms with van der Waals surface area (Å²) < 4.78 is 16.5. The molecule has 0 aliphatic carbocycles. The molecule has 0 heterocycles. The number of hydrogen-bond acceptors (Lipinski definition) is 6. The van der Waals surface area contributed by atoms with Crippen LogP contribution in [0.4, 0.5) is 0 Å². The summed E-state index contributed by atoms with van der Waals surface area (Å²) in [6, 6.07) is 0. The number of ether oxygens (including phenoxy) is 3. The number of carbonyl (C=O) groups excluding carboxylic acids is 3. The average molecular weight is 773 g/mol. The smallest absolute Gasteiger partial charge is 0.306 e. The molecule has 320 valence electrons. The molecule has 1 unspecified atom stereocenters. The van der Waals surface area contributed by atoms with E-state index in [-0.39, 0.29) is 31.1 Å². The fraction of sp³-hybridized carbons (Fsp3) is 0.816. The van der Waals surface area contributed by atoms with E-state index < -0.39 is 6.10 Å². The minimum atomic E-state index is -0.763. The van der Waals surface area contributed by atoms with E-state index in [4.69, 9.17) is 14.2 Å². The normalized spacial score (nSPS) is 12.3. The van der Waals surface area contributed by atoms with Crippen molar-refractivity contribution in [1.29, 1.82) is 0 Å². The maximum Gasteiger partial charge on any atom is 0.306 e. The van der Waals surface area contributed by atoms with Gasteiger partial charge in [0, 0.05) is 19.3 Å². The lowest BCUT2D eigenvalue weighted by molar-refractivity contribution is -0.167. The van der Waals surface area contributed by atoms with E-state index in [1.165, 1.54) is 122 Å². The van der Waals surface area contributed by atoms with Gasteiger partial charge >= 0.3 is 17.9 Å². The standard InChI is InChI=1S/C49H88O6/c1-4-7-10-13-15-16-17-18-19-20-21-22-23-24-25-26-27-28-29-30-31-32-34-36-39-42-48(51)54-45-46(44-53-47(50)41-38-35-12-9-6-3)55-49(52)43-40-37-33-14-11-8-5-2/h17-18,20-21,23-24,46H,4-16,19,22,25-45H2,1-3H3/b18-17-,21-20-,24-23-. The van der Waals surface area contributed by atoms with Gasteiger partial charge in [0.05, 0.1) is 0 Å². The molecule has 0 saturated carbocycles. The summed E-state index contributed by atoms with van der Waals surface area (Å²) >= 11 is 0. The number of hydrogen-bond donors (Lipinski definition) is 0. The maximum absolute atomic E-state index is 12.5. The number of esters is 3. The summed E-state index contributed by atoms with van der Waals surface area (Å²) in [6.45, 7) is 6.49. The van der Waals surface area contributed by atoms with Crippen LogP contribution in [0, 0.1) is 0 Å². The Balaban J connectivity index is 3.98. The first kappa shape index (κ1) is 52.6. The van der Waals surface area contributed by atoms with Crippen LogP contribution >= 0.6 is 0 Å². The monoisotopic (exact) mass is 773 g/mol. The maximum atomic E-state index is 12.5. The number of allylic oxidation sites excluding steroid dienone is 6. The van der Waals surface area contributed by atoms with Gasteiger partial charge in [0.1, 0.15) is 13.2 Å².